The van der Waals surface area contributed by atoms with Gasteiger partial charge in [-0.15, -0.1) is 0 Å². The van der Waals surface area contributed by atoms with E-state index < -0.39 is 0 Å². The Kier molecular flexibility index (Phi) is 4.92. The van der Waals surface area contributed by atoms with E-state index in [1.165, 1.54) is 6.07 Å². The Bertz CT molecular complexity index is 722. The predicted molar refractivity (Wildman–Crippen MR) is 83.9 cm³/mol. The molecule has 0 saturated heterocycles. The number of benzene rings is 1. The van der Waals surface area contributed by atoms with E-state index in [1.54, 1.807) is 12.1 Å². The Morgan fingerprint density at radius 2 is 2.14 bits per heavy atom. The highest BCUT2D eigenvalue weighted by molar-refractivity contribution is 6.41. The van der Waals surface area contributed by atoms with Gasteiger partial charge >= 0.3 is 0 Å². The smallest absolute Gasteiger partial charge is 0.272 e. The summed E-state index contributed by atoms with van der Waals surface area (Å²) in [6.45, 7) is 1.66. The van der Waals surface area contributed by atoms with E-state index in [1.807, 2.05) is 13.0 Å². The molecule has 3 N–H and O–H groups in total. The summed E-state index contributed by atoms with van der Waals surface area (Å²) in [5.74, 6) is 4.97. The quantitative estimate of drug-likeness (QED) is 0.743. The van der Waals surface area contributed by atoms with Crippen LogP contribution in [0.4, 0.5) is 5.69 Å². The summed E-state index contributed by atoms with van der Waals surface area (Å²) in [4.78, 5) is 14.8. The minimum Gasteiger partial charge on any atom is -0.384 e. The summed E-state index contributed by atoms with van der Waals surface area (Å²) in [6.07, 6.45) is 0. The first-order valence-electron chi connectivity index (χ1n) is 6.07. The molecule has 1 heterocycles. The molecule has 0 radical (unpaired) electrons. The molecule has 6 heteroatoms. The summed E-state index contributed by atoms with van der Waals surface area (Å²) in [5, 5.41) is 12.0. The van der Waals surface area contributed by atoms with Crippen molar-refractivity contribution >= 4 is 34.8 Å². The standard InChI is InChI=1S/C15H12Cl2N2O2/c1-9-4-5-10(3-2-6-20)12(7-9)19-15(21)13-8-11(16)14(17)18-13/h4-5,7-8,18,20H,6H2,1H3,(H,19,21). The van der Waals surface area contributed by atoms with Crippen molar-refractivity contribution < 1.29 is 9.90 Å². The number of aromatic nitrogens is 1. The average Bonchev–Trinajstić information content (AvgIpc) is 2.78. The summed E-state index contributed by atoms with van der Waals surface area (Å²) in [5.41, 5.74) is 2.41. The number of aryl methyl sites for hydroxylation is 1. The van der Waals surface area contributed by atoms with Gasteiger partial charge in [0.05, 0.1) is 10.7 Å². The normalized spacial score (nSPS) is 9.90. The molecule has 4 nitrogen and oxygen atoms in total. The molecule has 0 aliphatic rings. The lowest BCUT2D eigenvalue weighted by Crippen LogP contribution is -2.13. The minimum atomic E-state index is -0.374. The number of carbonyl (C=O) groups excluding carboxylic acids is 1. The second-order valence-corrected chi connectivity index (χ2v) is 5.09. The number of aliphatic hydroxyl groups is 1. The fourth-order valence-corrected chi connectivity index (χ4v) is 2.03. The van der Waals surface area contributed by atoms with Crippen molar-refractivity contribution in [3.63, 3.8) is 0 Å². The number of H-pyrrole nitrogens is 1. The number of aromatic amines is 1. The van der Waals surface area contributed by atoms with Gasteiger partial charge in [-0.1, -0.05) is 41.1 Å². The summed E-state index contributed by atoms with van der Waals surface area (Å²) >= 11 is 11.6. The molecule has 0 bridgehead atoms. The fraction of sp³-hybridized carbons (Fsp3) is 0.133. The van der Waals surface area contributed by atoms with E-state index >= 15 is 0 Å². The van der Waals surface area contributed by atoms with E-state index in [2.05, 4.69) is 22.1 Å². The molecule has 2 rings (SSSR count). The van der Waals surface area contributed by atoms with Crippen molar-refractivity contribution in [2.45, 2.75) is 6.92 Å². The molecular weight excluding hydrogens is 311 g/mol. The minimum absolute atomic E-state index is 0.214. The van der Waals surface area contributed by atoms with E-state index in [-0.39, 0.29) is 28.4 Å². The molecule has 1 aromatic heterocycles. The van der Waals surface area contributed by atoms with Crippen LogP contribution in [0.25, 0.3) is 0 Å². The second kappa shape index (κ2) is 6.68. The zero-order valence-corrected chi connectivity index (χ0v) is 12.6. The zero-order valence-electron chi connectivity index (χ0n) is 11.1. The highest BCUT2D eigenvalue weighted by Gasteiger charge is 2.13. The van der Waals surface area contributed by atoms with Gasteiger partial charge in [-0.2, -0.15) is 0 Å². The van der Waals surface area contributed by atoms with Crippen LogP contribution in [0.15, 0.2) is 24.3 Å². The number of amides is 1. The molecule has 0 aliphatic carbocycles. The summed E-state index contributed by atoms with van der Waals surface area (Å²) in [7, 11) is 0. The number of halogens is 2. The predicted octanol–water partition coefficient (Wildman–Crippen LogP) is 3.23. The van der Waals surface area contributed by atoms with Crippen molar-refractivity contribution in [3.8, 4) is 11.8 Å². The Balaban J connectivity index is 2.29. The van der Waals surface area contributed by atoms with E-state index in [9.17, 15) is 4.79 Å². The third kappa shape index (κ3) is 3.79. The van der Waals surface area contributed by atoms with E-state index in [4.69, 9.17) is 28.3 Å². The Labute approximate surface area is 132 Å². The third-order valence-electron chi connectivity index (χ3n) is 2.70. The van der Waals surface area contributed by atoms with Gasteiger partial charge in [0, 0.05) is 5.56 Å². The van der Waals surface area contributed by atoms with Crippen LogP contribution in [0, 0.1) is 18.8 Å². The maximum atomic E-state index is 12.2. The fourth-order valence-electron chi connectivity index (χ4n) is 1.72. The van der Waals surface area contributed by atoms with Crippen LogP contribution in [-0.4, -0.2) is 22.6 Å². The summed E-state index contributed by atoms with van der Waals surface area (Å²) in [6, 6.07) is 6.90. The van der Waals surface area contributed by atoms with Crippen LogP contribution >= 0.6 is 23.2 Å². The van der Waals surface area contributed by atoms with Crippen molar-refractivity contribution in [2.24, 2.45) is 0 Å². The molecule has 2 aromatic rings. The van der Waals surface area contributed by atoms with Crippen molar-refractivity contribution in [1.82, 2.24) is 4.98 Å². The first kappa shape index (κ1) is 15.5. The Hall–Kier alpha value is -1.93. The largest absolute Gasteiger partial charge is 0.384 e. The Morgan fingerprint density at radius 3 is 2.76 bits per heavy atom. The van der Waals surface area contributed by atoms with Gasteiger partial charge in [-0.05, 0) is 30.7 Å². The van der Waals surface area contributed by atoms with Gasteiger partial charge < -0.3 is 15.4 Å². The van der Waals surface area contributed by atoms with Gasteiger partial charge in [0.2, 0.25) is 0 Å². The molecule has 0 fully saturated rings. The third-order valence-corrected chi connectivity index (χ3v) is 3.39. The molecule has 1 aromatic carbocycles. The first-order chi connectivity index (χ1) is 10.0. The lowest BCUT2D eigenvalue weighted by atomic mass is 10.1. The Morgan fingerprint density at radius 1 is 1.38 bits per heavy atom. The van der Waals surface area contributed by atoms with Crippen LogP contribution in [0.5, 0.6) is 0 Å². The van der Waals surface area contributed by atoms with Crippen molar-refractivity contribution in [1.29, 1.82) is 0 Å². The number of rotatable bonds is 2. The van der Waals surface area contributed by atoms with Crippen LogP contribution in [0.2, 0.25) is 10.2 Å². The molecule has 0 unspecified atom stereocenters. The number of carbonyl (C=O) groups is 1. The summed E-state index contributed by atoms with van der Waals surface area (Å²) < 4.78 is 0. The molecule has 21 heavy (non-hydrogen) atoms. The molecule has 108 valence electrons. The van der Waals surface area contributed by atoms with Gasteiger partial charge in [0.1, 0.15) is 17.5 Å². The van der Waals surface area contributed by atoms with E-state index in [0.29, 0.717) is 11.3 Å². The number of nitrogens with one attached hydrogen (secondary N) is 2. The lowest BCUT2D eigenvalue weighted by molar-refractivity contribution is 0.102. The van der Waals surface area contributed by atoms with Crippen molar-refractivity contribution in [3.05, 3.63) is 51.3 Å². The van der Waals surface area contributed by atoms with Gasteiger partial charge in [0.25, 0.3) is 5.91 Å². The maximum Gasteiger partial charge on any atom is 0.272 e. The number of anilines is 1. The van der Waals surface area contributed by atoms with E-state index in [0.717, 1.165) is 5.56 Å². The molecule has 0 saturated carbocycles. The number of hydrogen-bond donors (Lipinski definition) is 3. The zero-order chi connectivity index (χ0) is 15.4. The maximum absolute atomic E-state index is 12.2. The molecule has 0 atom stereocenters. The highest BCUT2D eigenvalue weighted by atomic mass is 35.5. The average molecular weight is 323 g/mol. The van der Waals surface area contributed by atoms with Gasteiger partial charge in [-0.3, -0.25) is 4.79 Å². The second-order valence-electron chi connectivity index (χ2n) is 4.31. The highest BCUT2D eigenvalue weighted by Crippen LogP contribution is 2.23. The monoisotopic (exact) mass is 322 g/mol. The van der Waals surface area contributed by atoms with Crippen LogP contribution in [-0.2, 0) is 0 Å². The number of hydrogen-bond acceptors (Lipinski definition) is 2. The number of aliphatic hydroxyl groups excluding tert-OH is 1. The molecule has 0 aliphatic heterocycles. The van der Waals surface area contributed by atoms with Crippen LogP contribution < -0.4 is 5.32 Å². The molecule has 1 amide bonds. The van der Waals surface area contributed by atoms with Crippen LogP contribution in [0.1, 0.15) is 21.6 Å². The van der Waals surface area contributed by atoms with Gasteiger partial charge in [0.15, 0.2) is 0 Å². The van der Waals surface area contributed by atoms with Crippen LogP contribution in [0.3, 0.4) is 0 Å². The molecule has 0 spiro atoms. The van der Waals surface area contributed by atoms with Crippen molar-refractivity contribution in [2.75, 3.05) is 11.9 Å². The molecular formula is C15H12Cl2N2O2. The lowest BCUT2D eigenvalue weighted by Gasteiger charge is -2.07. The SMILES string of the molecule is Cc1ccc(C#CCO)c(NC(=O)c2cc(Cl)c(Cl)[nH]2)c1. The first-order valence-corrected chi connectivity index (χ1v) is 6.82. The topological polar surface area (TPSA) is 65.1 Å². The van der Waals surface area contributed by atoms with Gasteiger partial charge in [-0.25, -0.2) is 0 Å².